The maximum atomic E-state index is 14.9. The number of nitrogens with one attached hydrogen (secondary N) is 4. The van der Waals surface area contributed by atoms with Crippen molar-refractivity contribution in [3.63, 3.8) is 0 Å². The van der Waals surface area contributed by atoms with Gasteiger partial charge < -0.3 is 51.3 Å². The number of hydrogen-bond acceptors (Lipinski definition) is 14. The number of fused-ring (bicyclic) bond motifs is 2. The summed E-state index contributed by atoms with van der Waals surface area (Å²) in [7, 11) is 0. The molecule has 4 unspecified atom stereocenters. The number of H-pyrrole nitrogens is 2. The Morgan fingerprint density at radius 1 is 0.532 bits per heavy atom. The third-order valence-corrected chi connectivity index (χ3v) is 19.4. The molecule has 11 rings (SSSR count). The number of halogens is 8. The third kappa shape index (κ3) is 13.8. The monoisotopic (exact) mass is 1320 g/mol. The van der Waals surface area contributed by atoms with E-state index >= 15 is 0 Å². The number of ether oxygens (including phenoxy) is 2. The number of benzene rings is 3. The van der Waals surface area contributed by atoms with Crippen molar-refractivity contribution in [2.24, 2.45) is 11.5 Å². The van der Waals surface area contributed by atoms with Crippen LogP contribution in [0.3, 0.4) is 0 Å². The van der Waals surface area contributed by atoms with Gasteiger partial charge in [-0.1, -0.05) is 52.0 Å². The topological polar surface area (TPSA) is 248 Å². The van der Waals surface area contributed by atoms with Crippen molar-refractivity contribution in [3.05, 3.63) is 161 Å². The maximum absolute atomic E-state index is 14.9. The molecular weight excluding hydrogens is 1240 g/mol. The number of nitrogens with two attached hydrogens (primary N) is 2. The number of morpholine rings is 2. The number of carbonyl (C=O) groups excluding carboxylic acids is 4. The summed E-state index contributed by atoms with van der Waals surface area (Å²) < 4.78 is 127. The van der Waals surface area contributed by atoms with E-state index in [0.29, 0.717) is 100 Å². The smallest absolute Gasteiger partial charge is 0.251 e. The van der Waals surface area contributed by atoms with Crippen LogP contribution in [0.4, 0.5) is 46.5 Å². The van der Waals surface area contributed by atoms with Gasteiger partial charge in [0.1, 0.15) is 0 Å². The van der Waals surface area contributed by atoms with Gasteiger partial charge in [0.05, 0.1) is 37.7 Å². The summed E-state index contributed by atoms with van der Waals surface area (Å²) in [5, 5.41) is 7.05. The molecule has 0 radical (unpaired) electrons. The quantitative estimate of drug-likeness (QED) is 0.0418. The maximum Gasteiger partial charge on any atom is 0.251 e. The number of pyridine rings is 2. The van der Waals surface area contributed by atoms with E-state index in [-0.39, 0.29) is 86.5 Å². The zero-order valence-corrected chi connectivity index (χ0v) is 53.1. The first-order valence-electron chi connectivity index (χ1n) is 31.6. The van der Waals surface area contributed by atoms with Gasteiger partial charge in [0.2, 0.25) is 23.6 Å². The minimum atomic E-state index is -2.00. The lowest BCUT2D eigenvalue weighted by molar-refractivity contribution is -0.143. The van der Waals surface area contributed by atoms with Crippen LogP contribution in [0.5, 0.6) is 0 Å². The fraction of sp³-hybridized carbons (Fsp3) is 0.515. The van der Waals surface area contributed by atoms with Gasteiger partial charge in [0, 0.05) is 148 Å². The van der Waals surface area contributed by atoms with Gasteiger partial charge in [0.25, 0.3) is 11.1 Å². The van der Waals surface area contributed by atoms with Gasteiger partial charge in [-0.3, -0.25) is 48.4 Å². The van der Waals surface area contributed by atoms with Crippen LogP contribution in [0.15, 0.2) is 58.1 Å². The van der Waals surface area contributed by atoms with Crippen molar-refractivity contribution >= 4 is 35.0 Å². The largest absolute Gasteiger partial charge is 0.367 e. The molecule has 6 aliphatic heterocycles. The zero-order valence-electron chi connectivity index (χ0n) is 53.1. The first-order chi connectivity index (χ1) is 44.5. The summed E-state index contributed by atoms with van der Waals surface area (Å²) in [6, 6.07) is 9.98. The number of rotatable bonds is 18. The van der Waals surface area contributed by atoms with E-state index in [4.69, 9.17) is 20.9 Å². The normalized spacial score (nSPS) is 25.0. The highest BCUT2D eigenvalue weighted by Crippen LogP contribution is 2.41. The lowest BCUT2D eigenvalue weighted by Crippen LogP contribution is -2.64. The van der Waals surface area contributed by atoms with Gasteiger partial charge in [-0.25, -0.2) is 35.1 Å². The fourth-order valence-electron chi connectivity index (χ4n) is 14.5. The average molecular weight is 1320 g/mol. The summed E-state index contributed by atoms with van der Waals surface area (Å²) in [5.74, 6) is -16.3. The predicted molar refractivity (Wildman–Crippen MR) is 331 cm³/mol. The standard InChI is InChI=1S/C66H78F8N12O8/c1-33-25-83(29-49(87)85-31-65(3,4)59-47(85)21-39(63(91)79-59)17-37-19-43(67)53(71)55(73)51(37)69)41(23-77-33)27-81-11-13-93-57(61(75)89)45(81)15-35-7-9-36(10-8-35)16-46-58(62(76)90)94-14-12-82(46)28-42-24-78-34(2)26-84(42)30-50(88)86-32-66(5,6)60-48(86)22-40(64(92)80-60)18-38-20-44(68)54(72)56(74)52(38)70/h7-10,19-22,33-34,41-42,45-46,57-58,77-78H,11-18,23-32H2,1-6H3,(H2,75,89)(H2,76,90)(H,79,91)(H,80,92)/t33-,34-,41-,42-,45?,46?,57?,58?/m1/s1. The highest BCUT2D eigenvalue weighted by atomic mass is 19.2. The molecule has 94 heavy (non-hydrogen) atoms. The molecule has 0 aliphatic carbocycles. The Morgan fingerprint density at radius 3 is 1.27 bits per heavy atom. The summed E-state index contributed by atoms with van der Waals surface area (Å²) in [6.07, 6.45) is -2.46. The van der Waals surface area contributed by atoms with E-state index in [0.717, 1.165) is 11.1 Å². The second-order valence-corrected chi connectivity index (χ2v) is 27.3. The summed E-state index contributed by atoms with van der Waals surface area (Å²) in [4.78, 5) is 99.5. The molecule has 0 spiro atoms. The van der Waals surface area contributed by atoms with Gasteiger partial charge in [-0.2, -0.15) is 0 Å². The highest BCUT2D eigenvalue weighted by molar-refractivity contribution is 5.98. The number of amides is 4. The van der Waals surface area contributed by atoms with Crippen LogP contribution in [0, 0.1) is 46.5 Å². The molecule has 0 saturated carbocycles. The molecule has 20 nitrogen and oxygen atoms in total. The number of primary amides is 2. The van der Waals surface area contributed by atoms with Crippen LogP contribution < -0.4 is 43.0 Å². The first-order valence-corrected chi connectivity index (χ1v) is 31.6. The van der Waals surface area contributed by atoms with Crippen LogP contribution in [0.1, 0.15) is 86.3 Å². The Labute approximate surface area is 537 Å². The van der Waals surface area contributed by atoms with Crippen LogP contribution >= 0.6 is 0 Å². The summed E-state index contributed by atoms with van der Waals surface area (Å²) >= 11 is 0. The third-order valence-electron chi connectivity index (χ3n) is 19.4. The molecule has 8 heterocycles. The molecular formula is C66H78F8N12O8. The van der Waals surface area contributed by atoms with Gasteiger partial charge >= 0.3 is 0 Å². The molecule has 4 amide bonds. The minimum Gasteiger partial charge on any atom is -0.367 e. The Balaban J connectivity index is 0.767. The number of carbonyl (C=O) groups is 4. The van der Waals surface area contributed by atoms with E-state index in [1.54, 1.807) is 0 Å². The average Bonchev–Trinajstić information content (AvgIpc) is 1.59. The minimum absolute atomic E-state index is 0.0211. The number of aromatic amines is 2. The van der Waals surface area contributed by atoms with Crippen molar-refractivity contribution in [3.8, 4) is 0 Å². The van der Waals surface area contributed by atoms with Crippen molar-refractivity contribution in [2.45, 2.75) is 127 Å². The van der Waals surface area contributed by atoms with Gasteiger partial charge in [0.15, 0.2) is 58.7 Å². The Hall–Kier alpha value is -7.44. The lowest BCUT2D eigenvalue weighted by Gasteiger charge is -2.46. The second-order valence-electron chi connectivity index (χ2n) is 27.3. The first kappa shape index (κ1) is 68.0. The lowest BCUT2D eigenvalue weighted by atomic mass is 9.91. The van der Waals surface area contributed by atoms with Crippen LogP contribution in [-0.4, -0.2) is 193 Å². The van der Waals surface area contributed by atoms with E-state index in [2.05, 4.69) is 40.2 Å². The molecule has 2 aromatic heterocycles. The molecule has 4 fully saturated rings. The van der Waals surface area contributed by atoms with Crippen LogP contribution in [-0.2, 0) is 65.2 Å². The molecule has 8 N–H and O–H groups in total. The Bertz CT molecular complexity index is 3650. The number of hydrogen-bond donors (Lipinski definition) is 6. The van der Waals surface area contributed by atoms with E-state index < -0.39 is 129 Å². The van der Waals surface area contributed by atoms with Crippen LogP contribution in [0.2, 0.25) is 0 Å². The number of piperazine rings is 2. The van der Waals surface area contributed by atoms with E-state index in [9.17, 15) is 63.9 Å². The number of aromatic nitrogens is 2. The van der Waals surface area contributed by atoms with Crippen molar-refractivity contribution < 1.29 is 63.8 Å². The molecule has 28 heteroatoms. The number of anilines is 2. The Morgan fingerprint density at radius 2 is 0.904 bits per heavy atom. The highest BCUT2D eigenvalue weighted by Gasteiger charge is 2.46. The molecule has 0 bridgehead atoms. The predicted octanol–water partition coefficient (Wildman–Crippen LogP) is 3.53. The van der Waals surface area contributed by atoms with Crippen molar-refractivity contribution in [1.82, 2.24) is 40.2 Å². The second kappa shape index (κ2) is 27.0. The fourth-order valence-corrected chi connectivity index (χ4v) is 14.5. The van der Waals surface area contributed by atoms with Crippen LogP contribution in [0.25, 0.3) is 0 Å². The molecule has 506 valence electrons. The molecule has 5 aromatic rings. The summed E-state index contributed by atoms with van der Waals surface area (Å²) in [5.41, 5.74) is 11.3. The number of nitrogens with zero attached hydrogens (tertiary/aromatic N) is 6. The van der Waals surface area contributed by atoms with Gasteiger partial charge in [-0.05, 0) is 73.2 Å². The van der Waals surface area contributed by atoms with Gasteiger partial charge in [-0.15, -0.1) is 0 Å². The van der Waals surface area contributed by atoms with E-state index in [1.165, 1.54) is 21.9 Å². The molecule has 6 aliphatic rings. The zero-order chi connectivity index (χ0) is 67.6. The molecule has 8 atom stereocenters. The van der Waals surface area contributed by atoms with E-state index in [1.807, 2.05) is 65.8 Å². The Kier molecular flexibility index (Phi) is 19.5. The molecule has 3 aromatic carbocycles. The van der Waals surface area contributed by atoms with Crippen molar-refractivity contribution in [1.29, 1.82) is 0 Å². The SMILES string of the molecule is C[C@@H]1CN(CC(=O)N2CC(C)(C)c3[nH]c(=O)c(Cc4cc(F)c(F)c(F)c4F)cc32)[C@@H](CN2CCOC(C(N)=O)C2Cc2ccc(CC3C(C(N)=O)OCCN3C[C@H]3CN[C@H](C)CN3CC(=O)N3CC(C)(C)c4[nH]c(=O)c(Cc5cc(F)c(F)c(F)c5F)cc43)cc2)CN1. The summed E-state index contributed by atoms with van der Waals surface area (Å²) in [6.45, 7) is 15.6. The van der Waals surface area contributed by atoms with Crippen molar-refractivity contribution in [2.75, 3.05) is 102 Å². The molecule has 4 saturated heterocycles.